The zero-order valence-corrected chi connectivity index (χ0v) is 14.2. The van der Waals surface area contributed by atoms with Crippen molar-refractivity contribution < 1.29 is 14.2 Å². The summed E-state index contributed by atoms with van der Waals surface area (Å²) in [5, 5.41) is 0. The third-order valence-electron chi connectivity index (χ3n) is 3.49. The molecule has 0 aliphatic carbocycles. The third kappa shape index (κ3) is 5.85. The normalized spacial score (nSPS) is 10.6. The quantitative estimate of drug-likeness (QED) is 0.606. The van der Waals surface area contributed by atoms with Crippen molar-refractivity contribution in [3.63, 3.8) is 0 Å². The van der Waals surface area contributed by atoms with E-state index in [1.165, 1.54) is 5.56 Å². The zero-order valence-electron chi connectivity index (χ0n) is 14.2. The molecule has 3 nitrogen and oxygen atoms in total. The molecule has 0 heterocycles. The highest BCUT2D eigenvalue weighted by atomic mass is 16.5. The van der Waals surface area contributed by atoms with Crippen molar-refractivity contribution in [3.05, 3.63) is 54.1 Å². The summed E-state index contributed by atoms with van der Waals surface area (Å²) in [5.74, 6) is 3.17. The molecule has 0 spiro atoms. The van der Waals surface area contributed by atoms with E-state index in [-0.39, 0.29) is 0 Å². The van der Waals surface area contributed by atoms with Crippen LogP contribution in [0.4, 0.5) is 0 Å². The Labute approximate surface area is 139 Å². The van der Waals surface area contributed by atoms with Gasteiger partial charge < -0.3 is 14.2 Å². The van der Waals surface area contributed by atoms with Crippen LogP contribution in [0.15, 0.2) is 48.5 Å². The van der Waals surface area contributed by atoms with E-state index in [1.807, 2.05) is 43.3 Å². The molecule has 0 saturated heterocycles. The van der Waals surface area contributed by atoms with Crippen molar-refractivity contribution in [3.8, 4) is 17.2 Å². The maximum absolute atomic E-state index is 5.79. The molecular formula is C20H26O3. The lowest BCUT2D eigenvalue weighted by Crippen LogP contribution is -2.05. The number of hydrogen-bond acceptors (Lipinski definition) is 3. The molecule has 0 atom stereocenters. The van der Waals surface area contributed by atoms with Crippen LogP contribution >= 0.6 is 0 Å². The lowest BCUT2D eigenvalue weighted by molar-refractivity contribution is 0.247. The summed E-state index contributed by atoms with van der Waals surface area (Å²) < 4.78 is 16.9. The van der Waals surface area contributed by atoms with Gasteiger partial charge in [-0.1, -0.05) is 26.0 Å². The van der Waals surface area contributed by atoms with Gasteiger partial charge in [-0.3, -0.25) is 0 Å². The Morgan fingerprint density at radius 2 is 1.39 bits per heavy atom. The second kappa shape index (κ2) is 9.09. The Morgan fingerprint density at radius 1 is 0.783 bits per heavy atom. The van der Waals surface area contributed by atoms with Crippen molar-refractivity contribution in [2.45, 2.75) is 33.1 Å². The van der Waals surface area contributed by atoms with Gasteiger partial charge in [-0.25, -0.2) is 0 Å². The Hall–Kier alpha value is -2.16. The fourth-order valence-electron chi connectivity index (χ4n) is 2.20. The second-order valence-corrected chi connectivity index (χ2v) is 5.68. The SMILES string of the molecule is CCOc1ccc(OCCCOc2cccc(C(C)C)c2)cc1. The summed E-state index contributed by atoms with van der Waals surface area (Å²) in [5.41, 5.74) is 1.30. The summed E-state index contributed by atoms with van der Waals surface area (Å²) in [6.07, 6.45) is 0.846. The lowest BCUT2D eigenvalue weighted by Gasteiger charge is -2.11. The van der Waals surface area contributed by atoms with Gasteiger partial charge in [-0.15, -0.1) is 0 Å². The first-order chi connectivity index (χ1) is 11.2. The van der Waals surface area contributed by atoms with Crippen LogP contribution in [0.3, 0.4) is 0 Å². The van der Waals surface area contributed by atoms with E-state index in [9.17, 15) is 0 Å². The van der Waals surface area contributed by atoms with Crippen molar-refractivity contribution >= 4 is 0 Å². The highest BCUT2D eigenvalue weighted by Gasteiger charge is 2.01. The summed E-state index contributed by atoms with van der Waals surface area (Å²) in [4.78, 5) is 0. The Bertz CT molecular complexity index is 576. The molecule has 0 aliphatic heterocycles. The fraction of sp³-hybridized carbons (Fsp3) is 0.400. The molecule has 0 aliphatic rings. The molecular weight excluding hydrogens is 288 g/mol. The van der Waals surface area contributed by atoms with E-state index in [0.29, 0.717) is 25.7 Å². The molecule has 2 aromatic rings. The molecule has 124 valence electrons. The van der Waals surface area contributed by atoms with Gasteiger partial charge in [-0.05, 0) is 54.8 Å². The maximum atomic E-state index is 5.79. The summed E-state index contributed by atoms with van der Waals surface area (Å²) >= 11 is 0. The van der Waals surface area contributed by atoms with Crippen molar-refractivity contribution in [2.75, 3.05) is 19.8 Å². The Kier molecular flexibility index (Phi) is 6.79. The Morgan fingerprint density at radius 3 is 2.00 bits per heavy atom. The topological polar surface area (TPSA) is 27.7 Å². The van der Waals surface area contributed by atoms with Gasteiger partial charge in [0.1, 0.15) is 17.2 Å². The molecule has 0 amide bonds. The molecule has 0 bridgehead atoms. The summed E-state index contributed by atoms with van der Waals surface area (Å²) in [6.45, 7) is 8.31. The minimum absolute atomic E-state index is 0.515. The standard InChI is InChI=1S/C20H26O3/c1-4-21-18-9-11-19(12-10-18)22-13-6-14-23-20-8-5-7-17(15-20)16(2)3/h5,7-12,15-16H,4,6,13-14H2,1-3H3. The molecule has 2 rings (SSSR count). The third-order valence-corrected chi connectivity index (χ3v) is 3.49. The molecule has 0 aromatic heterocycles. The largest absolute Gasteiger partial charge is 0.494 e. The average Bonchev–Trinajstić information content (AvgIpc) is 2.56. The predicted molar refractivity (Wildman–Crippen MR) is 93.7 cm³/mol. The molecule has 0 fully saturated rings. The molecule has 23 heavy (non-hydrogen) atoms. The van der Waals surface area contributed by atoms with Gasteiger partial charge in [0.15, 0.2) is 0 Å². The first-order valence-corrected chi connectivity index (χ1v) is 8.27. The molecule has 0 radical (unpaired) electrons. The predicted octanol–water partition coefficient (Wildman–Crippen LogP) is 5.06. The van der Waals surface area contributed by atoms with Gasteiger partial charge in [0.25, 0.3) is 0 Å². The summed E-state index contributed by atoms with van der Waals surface area (Å²) in [6, 6.07) is 16.0. The summed E-state index contributed by atoms with van der Waals surface area (Å²) in [7, 11) is 0. The van der Waals surface area contributed by atoms with Crippen molar-refractivity contribution in [1.29, 1.82) is 0 Å². The Balaban J connectivity index is 1.68. The zero-order chi connectivity index (χ0) is 16.5. The molecule has 0 N–H and O–H groups in total. The highest BCUT2D eigenvalue weighted by molar-refractivity contribution is 5.31. The van der Waals surface area contributed by atoms with Crippen LogP contribution in [0.5, 0.6) is 17.2 Å². The van der Waals surface area contributed by atoms with E-state index in [2.05, 4.69) is 26.0 Å². The lowest BCUT2D eigenvalue weighted by atomic mass is 10.0. The van der Waals surface area contributed by atoms with Crippen LogP contribution in [-0.2, 0) is 0 Å². The van der Waals surface area contributed by atoms with Crippen molar-refractivity contribution in [1.82, 2.24) is 0 Å². The van der Waals surface area contributed by atoms with Crippen LogP contribution in [0.25, 0.3) is 0 Å². The molecule has 0 saturated carbocycles. The van der Waals surface area contributed by atoms with Gasteiger partial charge in [0, 0.05) is 6.42 Å². The number of hydrogen-bond donors (Lipinski definition) is 0. The minimum Gasteiger partial charge on any atom is -0.494 e. The first-order valence-electron chi connectivity index (χ1n) is 8.27. The smallest absolute Gasteiger partial charge is 0.119 e. The number of ether oxygens (including phenoxy) is 3. The van der Waals surface area contributed by atoms with Crippen LogP contribution in [0.2, 0.25) is 0 Å². The number of benzene rings is 2. The second-order valence-electron chi connectivity index (χ2n) is 5.68. The van der Waals surface area contributed by atoms with Gasteiger partial charge >= 0.3 is 0 Å². The van der Waals surface area contributed by atoms with Crippen LogP contribution in [-0.4, -0.2) is 19.8 Å². The fourth-order valence-corrected chi connectivity index (χ4v) is 2.20. The monoisotopic (exact) mass is 314 g/mol. The van der Waals surface area contributed by atoms with Gasteiger partial charge in [0.2, 0.25) is 0 Å². The van der Waals surface area contributed by atoms with Crippen LogP contribution in [0.1, 0.15) is 38.7 Å². The average molecular weight is 314 g/mol. The highest BCUT2D eigenvalue weighted by Crippen LogP contribution is 2.20. The van der Waals surface area contributed by atoms with E-state index >= 15 is 0 Å². The van der Waals surface area contributed by atoms with Crippen LogP contribution in [0, 0.1) is 0 Å². The number of rotatable bonds is 9. The minimum atomic E-state index is 0.515. The van der Waals surface area contributed by atoms with E-state index in [4.69, 9.17) is 14.2 Å². The van der Waals surface area contributed by atoms with Gasteiger partial charge in [-0.2, -0.15) is 0 Å². The first kappa shape index (κ1) is 17.2. The van der Waals surface area contributed by atoms with Crippen LogP contribution < -0.4 is 14.2 Å². The molecule has 3 heteroatoms. The van der Waals surface area contributed by atoms with Crippen molar-refractivity contribution in [2.24, 2.45) is 0 Å². The van der Waals surface area contributed by atoms with E-state index < -0.39 is 0 Å². The van der Waals surface area contributed by atoms with E-state index in [1.54, 1.807) is 0 Å². The maximum Gasteiger partial charge on any atom is 0.119 e. The van der Waals surface area contributed by atoms with E-state index in [0.717, 1.165) is 23.7 Å². The molecule has 0 unspecified atom stereocenters. The molecule has 2 aromatic carbocycles. The van der Waals surface area contributed by atoms with Gasteiger partial charge in [0.05, 0.1) is 19.8 Å².